The molecule has 0 radical (unpaired) electrons. The number of nitrogens with two attached hydrogens (primary N) is 1. The van der Waals surface area contributed by atoms with Crippen LogP contribution in [0.15, 0.2) is 18.3 Å². The quantitative estimate of drug-likeness (QED) is 0.559. The molecule has 0 atom stereocenters. The summed E-state index contributed by atoms with van der Waals surface area (Å²) in [7, 11) is 0. The Bertz CT molecular complexity index is 342. The molecule has 1 aromatic rings. The van der Waals surface area contributed by atoms with Crippen molar-refractivity contribution in [3.63, 3.8) is 0 Å². The molecule has 2 rings (SSSR count). The van der Waals surface area contributed by atoms with E-state index in [1.165, 1.54) is 0 Å². The van der Waals surface area contributed by atoms with E-state index in [1.807, 2.05) is 12.1 Å². The van der Waals surface area contributed by atoms with Gasteiger partial charge >= 0.3 is 0 Å². The van der Waals surface area contributed by atoms with E-state index in [-0.39, 0.29) is 0 Å². The fourth-order valence-electron chi connectivity index (χ4n) is 1.72. The first-order valence-electron chi connectivity index (χ1n) is 5.74. The van der Waals surface area contributed by atoms with Crippen LogP contribution in [0.25, 0.3) is 0 Å². The van der Waals surface area contributed by atoms with Gasteiger partial charge in [-0.1, -0.05) is 0 Å². The monoisotopic (exact) mass is 238 g/mol. The van der Waals surface area contributed by atoms with Crippen LogP contribution >= 0.6 is 0 Å². The number of aromatic nitrogens is 1. The molecular formula is C11H18N4O2. The largest absolute Gasteiger partial charge is 0.488 e. The molecule has 2 heterocycles. The van der Waals surface area contributed by atoms with Gasteiger partial charge in [0.15, 0.2) is 11.6 Å². The van der Waals surface area contributed by atoms with E-state index in [9.17, 15) is 0 Å². The topological polar surface area (TPSA) is 72.6 Å². The van der Waals surface area contributed by atoms with E-state index in [2.05, 4.69) is 15.3 Å². The van der Waals surface area contributed by atoms with Gasteiger partial charge in [-0.15, -0.1) is 0 Å². The first-order valence-corrected chi connectivity index (χ1v) is 5.74. The van der Waals surface area contributed by atoms with Gasteiger partial charge in [-0.2, -0.15) is 0 Å². The Morgan fingerprint density at radius 2 is 2.29 bits per heavy atom. The standard InChI is InChI=1S/C11H18N4O2/c12-14-11-10(2-1-3-13-11)17-9-6-15-4-7-16-8-5-15/h1-3H,4-9,12H2,(H,13,14). The van der Waals surface area contributed by atoms with E-state index in [0.717, 1.165) is 32.8 Å². The molecule has 1 saturated heterocycles. The van der Waals surface area contributed by atoms with Crippen LogP contribution in [0.5, 0.6) is 5.75 Å². The number of nitrogens with one attached hydrogen (secondary N) is 1. The molecular weight excluding hydrogens is 220 g/mol. The minimum atomic E-state index is 0.564. The Morgan fingerprint density at radius 1 is 1.47 bits per heavy atom. The zero-order valence-electron chi connectivity index (χ0n) is 9.76. The molecule has 0 spiro atoms. The predicted molar refractivity (Wildman–Crippen MR) is 64.8 cm³/mol. The second kappa shape index (κ2) is 6.39. The van der Waals surface area contributed by atoms with Crippen LogP contribution in [0.4, 0.5) is 5.82 Å². The molecule has 1 aliphatic rings. The summed E-state index contributed by atoms with van der Waals surface area (Å²) < 4.78 is 10.9. The summed E-state index contributed by atoms with van der Waals surface area (Å²) in [6.07, 6.45) is 1.67. The lowest BCUT2D eigenvalue weighted by Gasteiger charge is -2.26. The van der Waals surface area contributed by atoms with Crippen LogP contribution in [0.3, 0.4) is 0 Å². The molecule has 3 N–H and O–H groups in total. The second-order valence-corrected chi connectivity index (χ2v) is 3.80. The Morgan fingerprint density at radius 3 is 3.06 bits per heavy atom. The highest BCUT2D eigenvalue weighted by Crippen LogP contribution is 2.19. The summed E-state index contributed by atoms with van der Waals surface area (Å²) in [6.45, 7) is 5.07. The van der Waals surface area contributed by atoms with Crippen molar-refractivity contribution in [3.05, 3.63) is 18.3 Å². The fourth-order valence-corrected chi connectivity index (χ4v) is 1.72. The molecule has 6 nitrogen and oxygen atoms in total. The van der Waals surface area contributed by atoms with Crippen LogP contribution < -0.4 is 16.0 Å². The molecule has 1 fully saturated rings. The van der Waals surface area contributed by atoms with Crippen LogP contribution in [0, 0.1) is 0 Å². The van der Waals surface area contributed by atoms with Crippen molar-refractivity contribution in [2.45, 2.75) is 0 Å². The van der Waals surface area contributed by atoms with Gasteiger partial charge in [-0.05, 0) is 12.1 Å². The normalized spacial score (nSPS) is 16.8. The van der Waals surface area contributed by atoms with E-state index in [1.54, 1.807) is 6.20 Å². The van der Waals surface area contributed by atoms with Gasteiger partial charge in [0, 0.05) is 25.8 Å². The minimum Gasteiger partial charge on any atom is -0.488 e. The molecule has 0 bridgehead atoms. The molecule has 1 aromatic heterocycles. The van der Waals surface area contributed by atoms with Crippen molar-refractivity contribution < 1.29 is 9.47 Å². The van der Waals surface area contributed by atoms with E-state index < -0.39 is 0 Å². The Kier molecular flexibility index (Phi) is 4.54. The lowest BCUT2D eigenvalue weighted by atomic mass is 10.4. The van der Waals surface area contributed by atoms with Crippen LogP contribution in [-0.4, -0.2) is 49.3 Å². The molecule has 1 aliphatic heterocycles. The Labute approximate surface area is 101 Å². The minimum absolute atomic E-state index is 0.564. The number of rotatable bonds is 5. The molecule has 0 aliphatic carbocycles. The average Bonchev–Trinajstić information content (AvgIpc) is 2.40. The number of pyridine rings is 1. The summed E-state index contributed by atoms with van der Waals surface area (Å²) in [5.41, 5.74) is 2.51. The van der Waals surface area contributed by atoms with E-state index in [4.69, 9.17) is 15.3 Å². The van der Waals surface area contributed by atoms with Crippen molar-refractivity contribution in [2.24, 2.45) is 5.84 Å². The number of nitrogens with zero attached hydrogens (tertiary/aromatic N) is 2. The van der Waals surface area contributed by atoms with Crippen molar-refractivity contribution in [3.8, 4) is 5.75 Å². The van der Waals surface area contributed by atoms with Crippen LogP contribution in [0.2, 0.25) is 0 Å². The first kappa shape index (κ1) is 12.1. The number of hydrogen-bond acceptors (Lipinski definition) is 6. The third-order valence-corrected chi connectivity index (χ3v) is 2.68. The smallest absolute Gasteiger partial charge is 0.182 e. The maximum Gasteiger partial charge on any atom is 0.182 e. The Hall–Kier alpha value is -1.37. The molecule has 94 valence electrons. The SMILES string of the molecule is NNc1ncccc1OCCN1CCOCC1. The number of anilines is 1. The molecule has 17 heavy (non-hydrogen) atoms. The van der Waals surface area contributed by atoms with Gasteiger partial charge in [0.2, 0.25) is 0 Å². The molecule has 0 aromatic carbocycles. The van der Waals surface area contributed by atoms with Gasteiger partial charge in [0.05, 0.1) is 13.2 Å². The molecule has 0 unspecified atom stereocenters. The number of hydrogen-bond donors (Lipinski definition) is 2. The number of morpholine rings is 1. The van der Waals surface area contributed by atoms with E-state index >= 15 is 0 Å². The third-order valence-electron chi connectivity index (χ3n) is 2.68. The lowest BCUT2D eigenvalue weighted by Crippen LogP contribution is -2.38. The van der Waals surface area contributed by atoms with Crippen molar-refractivity contribution in [1.29, 1.82) is 0 Å². The summed E-state index contributed by atoms with van der Waals surface area (Å²) in [5.74, 6) is 6.59. The van der Waals surface area contributed by atoms with E-state index in [0.29, 0.717) is 18.2 Å². The maximum atomic E-state index is 5.64. The number of nitrogen functional groups attached to an aromatic ring is 1. The maximum absolute atomic E-state index is 5.64. The summed E-state index contributed by atoms with van der Waals surface area (Å²) in [4.78, 5) is 6.38. The second-order valence-electron chi connectivity index (χ2n) is 3.80. The predicted octanol–water partition coefficient (Wildman–Crippen LogP) is 0.0782. The van der Waals surface area contributed by atoms with Gasteiger partial charge in [0.1, 0.15) is 6.61 Å². The van der Waals surface area contributed by atoms with Gasteiger partial charge in [0.25, 0.3) is 0 Å². The summed E-state index contributed by atoms with van der Waals surface area (Å²) in [6, 6.07) is 3.67. The van der Waals surface area contributed by atoms with Crippen molar-refractivity contribution in [1.82, 2.24) is 9.88 Å². The third kappa shape index (κ3) is 3.55. The first-order chi connectivity index (χ1) is 8.40. The van der Waals surface area contributed by atoms with Gasteiger partial charge in [-0.3, -0.25) is 4.90 Å². The zero-order valence-corrected chi connectivity index (χ0v) is 9.76. The van der Waals surface area contributed by atoms with Gasteiger partial charge in [-0.25, -0.2) is 10.8 Å². The number of hydrazine groups is 1. The molecule has 6 heteroatoms. The summed E-state index contributed by atoms with van der Waals surface area (Å²) in [5, 5.41) is 0. The highest BCUT2D eigenvalue weighted by Gasteiger charge is 2.10. The zero-order chi connectivity index (χ0) is 11.9. The average molecular weight is 238 g/mol. The molecule has 0 amide bonds. The lowest BCUT2D eigenvalue weighted by molar-refractivity contribution is 0.0323. The van der Waals surface area contributed by atoms with Crippen LogP contribution in [-0.2, 0) is 4.74 Å². The molecule has 0 saturated carbocycles. The summed E-state index contributed by atoms with van der Waals surface area (Å²) >= 11 is 0. The highest BCUT2D eigenvalue weighted by atomic mass is 16.5. The highest BCUT2D eigenvalue weighted by molar-refractivity contribution is 5.48. The fraction of sp³-hybridized carbons (Fsp3) is 0.545. The van der Waals surface area contributed by atoms with Crippen molar-refractivity contribution in [2.75, 3.05) is 44.9 Å². The van der Waals surface area contributed by atoms with Gasteiger partial charge < -0.3 is 14.9 Å². The van der Waals surface area contributed by atoms with Crippen molar-refractivity contribution >= 4 is 5.82 Å². The Balaban J connectivity index is 1.77. The van der Waals surface area contributed by atoms with Crippen LogP contribution in [0.1, 0.15) is 0 Å². The number of ether oxygens (including phenoxy) is 2.